The second-order valence-corrected chi connectivity index (χ2v) is 9.55. The number of nitrogens with one attached hydrogen (secondary N) is 2. The first-order valence-electron chi connectivity index (χ1n) is 10.2. The summed E-state index contributed by atoms with van der Waals surface area (Å²) in [6, 6.07) is -0.713. The molecule has 3 saturated heterocycles. The van der Waals surface area contributed by atoms with Crippen molar-refractivity contribution in [3.63, 3.8) is 0 Å². The molecule has 3 unspecified atom stereocenters. The van der Waals surface area contributed by atoms with Gasteiger partial charge in [-0.3, -0.25) is 14.4 Å². The summed E-state index contributed by atoms with van der Waals surface area (Å²) < 4.78 is 6.29. The molecule has 0 aromatic heterocycles. The summed E-state index contributed by atoms with van der Waals surface area (Å²) in [6.45, 7) is -0.186. The lowest BCUT2D eigenvalue weighted by Gasteiger charge is -2.35. The number of hydrogen-bond donors (Lipinski definition) is 3. The molecule has 1 aliphatic carbocycles. The van der Waals surface area contributed by atoms with Gasteiger partial charge < -0.3 is 25.4 Å². The molecule has 2 bridgehead atoms. The number of rotatable bonds is 5. The van der Waals surface area contributed by atoms with E-state index in [4.69, 9.17) is 4.74 Å². The Balaban J connectivity index is 1.67. The van der Waals surface area contributed by atoms with Crippen LogP contribution in [0.2, 0.25) is 0 Å². The van der Waals surface area contributed by atoms with Crippen LogP contribution in [0.1, 0.15) is 38.5 Å². The van der Waals surface area contributed by atoms with Crippen LogP contribution < -0.4 is 10.6 Å². The molecule has 3 aliphatic heterocycles. The molecule has 8 nitrogen and oxygen atoms in total. The van der Waals surface area contributed by atoms with E-state index in [0.717, 1.165) is 25.7 Å². The normalized spacial score (nSPS) is 39.9. The quantitative estimate of drug-likeness (QED) is 0.500. The number of aliphatic hydroxyl groups is 1. The molecule has 4 rings (SSSR count). The Labute approximate surface area is 172 Å². The van der Waals surface area contributed by atoms with E-state index in [-0.39, 0.29) is 41.7 Å². The molecule has 28 heavy (non-hydrogen) atoms. The summed E-state index contributed by atoms with van der Waals surface area (Å²) >= 11 is 3.60. The van der Waals surface area contributed by atoms with Crippen molar-refractivity contribution in [3.05, 3.63) is 0 Å². The summed E-state index contributed by atoms with van der Waals surface area (Å²) in [6.07, 6.45) is 5.29. The highest BCUT2D eigenvalue weighted by Crippen LogP contribution is 2.59. The number of likely N-dealkylation sites (tertiary alicyclic amines) is 1. The van der Waals surface area contributed by atoms with Crippen LogP contribution >= 0.6 is 15.9 Å². The highest BCUT2D eigenvalue weighted by atomic mass is 79.9. The van der Waals surface area contributed by atoms with Crippen molar-refractivity contribution in [1.82, 2.24) is 15.5 Å². The third-order valence-electron chi connectivity index (χ3n) is 6.88. The van der Waals surface area contributed by atoms with E-state index in [0.29, 0.717) is 6.42 Å². The lowest BCUT2D eigenvalue weighted by molar-refractivity contribution is -0.142. The van der Waals surface area contributed by atoms with Gasteiger partial charge in [-0.1, -0.05) is 35.2 Å². The number of β-amino-alcohol motifs (C(OH)–C–C–N with tert-alkyl or cyclic N) is 1. The zero-order valence-corrected chi connectivity index (χ0v) is 17.6. The molecular formula is C19H28BrN3O5. The number of alkyl halides is 1. The summed E-state index contributed by atoms with van der Waals surface area (Å²) in [5.41, 5.74) is -1.03. The zero-order valence-electron chi connectivity index (χ0n) is 16.0. The van der Waals surface area contributed by atoms with E-state index in [9.17, 15) is 19.5 Å². The van der Waals surface area contributed by atoms with E-state index < -0.39 is 29.6 Å². The van der Waals surface area contributed by atoms with Gasteiger partial charge in [-0.2, -0.15) is 0 Å². The fourth-order valence-corrected chi connectivity index (χ4v) is 6.71. The monoisotopic (exact) mass is 457 g/mol. The first-order valence-corrected chi connectivity index (χ1v) is 11.1. The molecule has 6 atom stereocenters. The van der Waals surface area contributed by atoms with Crippen molar-refractivity contribution >= 4 is 33.7 Å². The molecular weight excluding hydrogens is 430 g/mol. The number of fused-ring (bicyclic) bond motifs is 1. The van der Waals surface area contributed by atoms with Gasteiger partial charge in [0.15, 0.2) is 0 Å². The number of hydrogen-bond acceptors (Lipinski definition) is 5. The molecule has 0 aromatic carbocycles. The van der Waals surface area contributed by atoms with E-state index in [1.807, 2.05) is 0 Å². The van der Waals surface area contributed by atoms with E-state index in [1.54, 1.807) is 7.05 Å². The molecule has 0 radical (unpaired) electrons. The molecule has 9 heteroatoms. The summed E-state index contributed by atoms with van der Waals surface area (Å²) in [7, 11) is 1.54. The third-order valence-corrected chi connectivity index (χ3v) is 7.72. The predicted molar refractivity (Wildman–Crippen MR) is 104 cm³/mol. The van der Waals surface area contributed by atoms with Crippen molar-refractivity contribution < 1.29 is 24.2 Å². The number of ether oxygens (including phenoxy) is 1. The van der Waals surface area contributed by atoms with Gasteiger partial charge in [0, 0.05) is 24.5 Å². The van der Waals surface area contributed by atoms with Gasteiger partial charge >= 0.3 is 0 Å². The average molecular weight is 458 g/mol. The first kappa shape index (κ1) is 20.1. The summed E-state index contributed by atoms with van der Waals surface area (Å²) in [5, 5.41) is 15.3. The first-order chi connectivity index (χ1) is 13.4. The Hall–Kier alpha value is -1.19. The Morgan fingerprint density at radius 2 is 2.00 bits per heavy atom. The third kappa shape index (κ3) is 2.89. The van der Waals surface area contributed by atoms with Crippen LogP contribution in [-0.2, 0) is 19.1 Å². The molecule has 4 aliphatic rings. The maximum Gasteiger partial charge on any atom is 0.246 e. The van der Waals surface area contributed by atoms with Crippen LogP contribution in [-0.4, -0.2) is 76.5 Å². The van der Waals surface area contributed by atoms with Crippen molar-refractivity contribution in [1.29, 1.82) is 0 Å². The van der Waals surface area contributed by atoms with Crippen LogP contribution in [0.15, 0.2) is 0 Å². The van der Waals surface area contributed by atoms with Crippen LogP contribution in [0.4, 0.5) is 0 Å². The van der Waals surface area contributed by atoms with E-state index >= 15 is 0 Å². The SMILES string of the molecule is CNC(=O)[C@H]1[C@H]2C(=O)N(CCO)C(C(=O)NC3CCCCC3)C23CC(Br)[C@@H]1O3. The lowest BCUT2D eigenvalue weighted by atomic mass is 9.70. The molecule has 3 heterocycles. The standard InChI is InChI=1S/C19H28BrN3O5/c1-21-16(25)12-13-18(27)23(7-8-24)15(19(13)9-11(20)14(12)28-19)17(26)22-10-5-3-2-4-6-10/h10-15,24H,2-9H2,1H3,(H,21,25)(H,22,26)/t11?,12-,13-,14-,15?,19?/m0/s1. The maximum absolute atomic E-state index is 13.3. The molecule has 156 valence electrons. The fourth-order valence-electron chi connectivity index (χ4n) is 5.77. The van der Waals surface area contributed by atoms with Gasteiger partial charge in [-0.15, -0.1) is 0 Å². The number of carbonyl (C=O) groups is 3. The second-order valence-electron chi connectivity index (χ2n) is 8.38. The topological polar surface area (TPSA) is 108 Å². The van der Waals surface area contributed by atoms with Gasteiger partial charge in [0.2, 0.25) is 17.7 Å². The van der Waals surface area contributed by atoms with Crippen LogP contribution in [0.5, 0.6) is 0 Å². The van der Waals surface area contributed by atoms with Crippen molar-refractivity contribution in [2.75, 3.05) is 20.2 Å². The minimum Gasteiger partial charge on any atom is -0.395 e. The Morgan fingerprint density at radius 3 is 2.64 bits per heavy atom. The molecule has 4 fully saturated rings. The van der Waals surface area contributed by atoms with E-state index in [1.165, 1.54) is 11.3 Å². The highest BCUT2D eigenvalue weighted by Gasteiger charge is 2.76. The molecule has 1 spiro atoms. The maximum atomic E-state index is 13.3. The fraction of sp³-hybridized carbons (Fsp3) is 0.842. The largest absolute Gasteiger partial charge is 0.395 e. The highest BCUT2D eigenvalue weighted by molar-refractivity contribution is 9.09. The average Bonchev–Trinajstić information content (AvgIpc) is 3.26. The predicted octanol–water partition coefficient (Wildman–Crippen LogP) is -0.0784. The number of aliphatic hydroxyl groups excluding tert-OH is 1. The minimum atomic E-state index is -1.03. The Bertz CT molecular complexity index is 670. The van der Waals surface area contributed by atoms with Gasteiger partial charge in [0.25, 0.3) is 0 Å². The van der Waals surface area contributed by atoms with Crippen molar-refractivity contribution in [2.24, 2.45) is 11.8 Å². The molecule has 3 amide bonds. The van der Waals surface area contributed by atoms with Crippen LogP contribution in [0, 0.1) is 11.8 Å². The number of carbonyl (C=O) groups excluding carboxylic acids is 3. The van der Waals surface area contributed by atoms with Crippen LogP contribution in [0.25, 0.3) is 0 Å². The van der Waals surface area contributed by atoms with E-state index in [2.05, 4.69) is 26.6 Å². The minimum absolute atomic E-state index is 0.0568. The summed E-state index contributed by atoms with van der Waals surface area (Å²) in [4.78, 5) is 40.5. The van der Waals surface area contributed by atoms with Crippen LogP contribution in [0.3, 0.4) is 0 Å². The zero-order chi connectivity index (χ0) is 20.1. The number of amides is 3. The lowest BCUT2D eigenvalue weighted by Crippen LogP contribution is -2.57. The number of nitrogens with zero attached hydrogens (tertiary/aromatic N) is 1. The van der Waals surface area contributed by atoms with Gasteiger partial charge in [-0.05, 0) is 19.3 Å². The molecule has 3 N–H and O–H groups in total. The Kier molecular flexibility index (Phi) is 5.43. The van der Waals surface area contributed by atoms with Crippen molar-refractivity contribution in [3.8, 4) is 0 Å². The van der Waals surface area contributed by atoms with Gasteiger partial charge in [0.05, 0.1) is 24.5 Å². The number of halogens is 1. The molecule has 1 saturated carbocycles. The second kappa shape index (κ2) is 7.57. The smallest absolute Gasteiger partial charge is 0.246 e. The van der Waals surface area contributed by atoms with Crippen molar-refractivity contribution in [2.45, 2.75) is 67.1 Å². The van der Waals surface area contributed by atoms with Gasteiger partial charge in [-0.25, -0.2) is 0 Å². The molecule has 0 aromatic rings. The van der Waals surface area contributed by atoms with Gasteiger partial charge in [0.1, 0.15) is 11.6 Å². The Morgan fingerprint density at radius 1 is 1.29 bits per heavy atom. The summed E-state index contributed by atoms with van der Waals surface area (Å²) in [5.74, 6) is -2.07.